The Kier molecular flexibility index (Phi) is 9.17. The Morgan fingerprint density at radius 1 is 1.07 bits per heavy atom. The summed E-state index contributed by atoms with van der Waals surface area (Å²) in [4.78, 5) is 43.4. The quantitative estimate of drug-likeness (QED) is 0.332. The lowest BCUT2D eigenvalue weighted by atomic mass is 9.95. The predicted molar refractivity (Wildman–Crippen MR) is 160 cm³/mol. The van der Waals surface area contributed by atoms with E-state index >= 15 is 0 Å². The maximum absolute atomic E-state index is 13.7. The molecule has 0 saturated carbocycles. The number of carbonyl (C=O) groups excluding carboxylic acids is 2. The smallest absolute Gasteiger partial charge is 0.248 e. The number of hydrogen-bond acceptors (Lipinski definition) is 9. The van der Waals surface area contributed by atoms with Crippen LogP contribution in [0.15, 0.2) is 34.4 Å². The second kappa shape index (κ2) is 12.6. The van der Waals surface area contributed by atoms with Crippen LogP contribution in [0.25, 0.3) is 11.1 Å². The standard InChI is InChI=1S/C30H36N4O6S/c1-15(2)26(29(37)34-30-31-16(3)14-41-30)33-22-11-9-19-20(13-23(22)36)21(32-17(4)35)10-8-18-12-24(38-5)27(39-6)28(40-7)25(18)19/h9,11-15,21,26H,8,10H2,1-7H3,(H,32,35)(H,33,36)(H,31,34,37)/t21-,26+/m1/s1. The Morgan fingerprint density at radius 2 is 1.80 bits per heavy atom. The van der Waals surface area contributed by atoms with Gasteiger partial charge in [-0.05, 0) is 60.6 Å². The van der Waals surface area contributed by atoms with Crippen LogP contribution in [0, 0.1) is 12.8 Å². The number of amides is 2. The molecule has 0 radical (unpaired) electrons. The molecule has 1 aliphatic carbocycles. The Morgan fingerprint density at radius 3 is 2.39 bits per heavy atom. The monoisotopic (exact) mass is 580 g/mol. The predicted octanol–water partition coefficient (Wildman–Crippen LogP) is 4.70. The van der Waals surface area contributed by atoms with Gasteiger partial charge < -0.3 is 30.2 Å². The SMILES string of the molecule is COc1cc2c(c(OC)c1OC)-c1ccc(N[C@H](C(=O)Nc3nc(C)cs3)C(C)C)c(=O)cc1[C@H](NC(C)=O)CC2. The normalized spacial score (nSPS) is 14.7. The summed E-state index contributed by atoms with van der Waals surface area (Å²) >= 11 is 1.34. The van der Waals surface area contributed by atoms with E-state index < -0.39 is 12.1 Å². The van der Waals surface area contributed by atoms with Gasteiger partial charge in [0.1, 0.15) is 6.04 Å². The van der Waals surface area contributed by atoms with E-state index in [0.29, 0.717) is 46.3 Å². The molecule has 4 rings (SSSR count). The van der Waals surface area contributed by atoms with Crippen LogP contribution in [0.4, 0.5) is 10.8 Å². The van der Waals surface area contributed by atoms with Crippen molar-refractivity contribution in [3.8, 4) is 28.4 Å². The number of benzene rings is 1. The molecule has 10 nitrogen and oxygen atoms in total. The summed E-state index contributed by atoms with van der Waals surface area (Å²) in [6.07, 6.45) is 1.15. The third-order valence-electron chi connectivity index (χ3n) is 7.03. The molecule has 41 heavy (non-hydrogen) atoms. The van der Waals surface area contributed by atoms with Crippen LogP contribution in [0.5, 0.6) is 17.2 Å². The molecule has 11 heteroatoms. The minimum atomic E-state index is -0.702. The van der Waals surface area contributed by atoms with Crippen molar-refractivity contribution in [2.75, 3.05) is 32.0 Å². The molecule has 0 saturated heterocycles. The van der Waals surface area contributed by atoms with E-state index in [9.17, 15) is 14.4 Å². The molecule has 0 aliphatic heterocycles. The maximum Gasteiger partial charge on any atom is 0.248 e. The zero-order chi connectivity index (χ0) is 29.8. The van der Waals surface area contributed by atoms with Crippen LogP contribution < -0.4 is 35.6 Å². The first kappa shape index (κ1) is 29.9. The van der Waals surface area contributed by atoms with Crippen LogP contribution >= 0.6 is 11.3 Å². The second-order valence-electron chi connectivity index (χ2n) is 10.2. The molecule has 0 spiro atoms. The first-order valence-corrected chi connectivity index (χ1v) is 14.2. The third kappa shape index (κ3) is 6.30. The van der Waals surface area contributed by atoms with E-state index in [2.05, 4.69) is 20.9 Å². The van der Waals surface area contributed by atoms with Crippen LogP contribution in [-0.4, -0.2) is 44.2 Å². The zero-order valence-corrected chi connectivity index (χ0v) is 25.2. The Labute approximate surface area is 243 Å². The number of nitrogens with one attached hydrogen (secondary N) is 3. The molecular formula is C30H36N4O6S. The summed E-state index contributed by atoms with van der Waals surface area (Å²) in [5.41, 5.74) is 3.80. The molecule has 3 N–H and O–H groups in total. The first-order chi connectivity index (χ1) is 19.6. The second-order valence-corrected chi connectivity index (χ2v) is 11.1. The summed E-state index contributed by atoms with van der Waals surface area (Å²) < 4.78 is 17.1. The van der Waals surface area contributed by atoms with Gasteiger partial charge in [-0.1, -0.05) is 19.9 Å². The van der Waals surface area contributed by atoms with Crippen molar-refractivity contribution in [2.45, 2.75) is 52.6 Å². The third-order valence-corrected chi connectivity index (χ3v) is 7.90. The fourth-order valence-corrected chi connectivity index (χ4v) is 5.82. The lowest BCUT2D eigenvalue weighted by Crippen LogP contribution is -2.39. The highest BCUT2D eigenvalue weighted by atomic mass is 32.1. The number of thiazole rings is 1. The molecule has 0 unspecified atom stereocenters. The number of carbonyl (C=O) groups is 2. The number of aromatic nitrogens is 1. The summed E-state index contributed by atoms with van der Waals surface area (Å²) in [5, 5.41) is 11.4. The van der Waals surface area contributed by atoms with Gasteiger partial charge >= 0.3 is 0 Å². The van der Waals surface area contributed by atoms with Gasteiger partial charge in [0.2, 0.25) is 23.0 Å². The molecule has 2 aromatic carbocycles. The highest BCUT2D eigenvalue weighted by Gasteiger charge is 2.30. The number of fused-ring (bicyclic) bond motifs is 3. The van der Waals surface area contributed by atoms with Crippen LogP contribution in [-0.2, 0) is 16.0 Å². The van der Waals surface area contributed by atoms with E-state index in [1.807, 2.05) is 38.3 Å². The number of nitrogens with zero attached hydrogens (tertiary/aromatic N) is 1. The zero-order valence-electron chi connectivity index (χ0n) is 24.3. The Hall–Kier alpha value is -4.12. The van der Waals surface area contributed by atoms with Gasteiger partial charge in [0, 0.05) is 17.9 Å². The van der Waals surface area contributed by atoms with Gasteiger partial charge in [0.25, 0.3) is 0 Å². The number of ether oxygens (including phenoxy) is 3. The van der Waals surface area contributed by atoms with Crippen molar-refractivity contribution in [2.24, 2.45) is 5.92 Å². The number of methoxy groups -OCH3 is 3. The first-order valence-electron chi connectivity index (χ1n) is 13.3. The fourth-order valence-electron chi connectivity index (χ4n) is 5.12. The summed E-state index contributed by atoms with van der Waals surface area (Å²) in [5.74, 6) is 0.790. The molecule has 3 aromatic rings. The van der Waals surface area contributed by atoms with E-state index in [1.54, 1.807) is 20.3 Å². The number of rotatable bonds is 9. The van der Waals surface area contributed by atoms with Crippen molar-refractivity contribution in [3.05, 3.63) is 56.7 Å². The molecule has 0 fully saturated rings. The van der Waals surface area contributed by atoms with E-state index in [4.69, 9.17) is 14.2 Å². The molecule has 2 amide bonds. The molecule has 2 atom stereocenters. The fraction of sp³-hybridized carbons (Fsp3) is 0.400. The number of anilines is 2. The van der Waals surface area contributed by atoms with Crippen molar-refractivity contribution in [1.29, 1.82) is 0 Å². The largest absolute Gasteiger partial charge is 0.493 e. The molecule has 218 valence electrons. The molecule has 0 bridgehead atoms. The average Bonchev–Trinajstić information content (AvgIpc) is 3.19. The highest BCUT2D eigenvalue weighted by Crippen LogP contribution is 2.50. The van der Waals surface area contributed by atoms with E-state index in [0.717, 1.165) is 16.8 Å². The summed E-state index contributed by atoms with van der Waals surface area (Å²) in [6, 6.07) is 5.80. The number of hydrogen-bond donors (Lipinski definition) is 3. The van der Waals surface area contributed by atoms with Gasteiger partial charge in [-0.2, -0.15) is 0 Å². The van der Waals surface area contributed by atoms with Crippen LogP contribution in [0.1, 0.15) is 50.1 Å². The molecule has 1 aliphatic rings. The van der Waals surface area contributed by atoms with Gasteiger partial charge in [-0.15, -0.1) is 11.3 Å². The minimum Gasteiger partial charge on any atom is -0.493 e. The lowest BCUT2D eigenvalue weighted by Gasteiger charge is -2.21. The van der Waals surface area contributed by atoms with Crippen molar-refractivity contribution < 1.29 is 23.8 Å². The lowest BCUT2D eigenvalue weighted by molar-refractivity contribution is -0.120. The highest BCUT2D eigenvalue weighted by molar-refractivity contribution is 7.13. The van der Waals surface area contributed by atoms with Crippen molar-refractivity contribution in [3.63, 3.8) is 0 Å². The topological polar surface area (TPSA) is 128 Å². The van der Waals surface area contributed by atoms with Gasteiger partial charge in [-0.3, -0.25) is 14.4 Å². The van der Waals surface area contributed by atoms with E-state index in [-0.39, 0.29) is 28.8 Å². The van der Waals surface area contributed by atoms with Gasteiger partial charge in [0.05, 0.1) is 38.8 Å². The molecule has 1 heterocycles. The van der Waals surface area contributed by atoms with Crippen molar-refractivity contribution in [1.82, 2.24) is 10.3 Å². The number of aryl methyl sites for hydroxylation is 2. The summed E-state index contributed by atoms with van der Waals surface area (Å²) in [6.45, 7) is 7.12. The Balaban J connectivity index is 1.86. The van der Waals surface area contributed by atoms with Gasteiger partial charge in [-0.25, -0.2) is 4.98 Å². The van der Waals surface area contributed by atoms with Crippen LogP contribution in [0.2, 0.25) is 0 Å². The van der Waals surface area contributed by atoms with Crippen molar-refractivity contribution >= 4 is 34.0 Å². The molecule has 1 aromatic heterocycles. The van der Waals surface area contributed by atoms with Crippen LogP contribution in [0.3, 0.4) is 0 Å². The minimum absolute atomic E-state index is 0.136. The average molecular weight is 581 g/mol. The van der Waals surface area contributed by atoms with Gasteiger partial charge in [0.15, 0.2) is 16.6 Å². The molecular weight excluding hydrogens is 544 g/mol. The Bertz CT molecular complexity index is 1520. The summed E-state index contributed by atoms with van der Waals surface area (Å²) in [7, 11) is 4.66. The maximum atomic E-state index is 13.7. The van der Waals surface area contributed by atoms with E-state index in [1.165, 1.54) is 31.4 Å².